The largest absolute Gasteiger partial charge is 0.326 e. The fourth-order valence-corrected chi connectivity index (χ4v) is 2.26. The fourth-order valence-electron chi connectivity index (χ4n) is 1.48. The van der Waals surface area contributed by atoms with Gasteiger partial charge in [0.05, 0.1) is 5.01 Å². The van der Waals surface area contributed by atoms with Crippen LogP contribution in [0.15, 0.2) is 35.7 Å². The molecule has 0 aliphatic rings. The number of thiazole rings is 1. The van der Waals surface area contributed by atoms with E-state index in [0.717, 1.165) is 16.4 Å². The second kappa shape index (κ2) is 5.59. The molecule has 1 heterocycles. The number of hydrogen-bond donors (Lipinski definition) is 1. The molecule has 1 aromatic carbocycles. The molecular weight excluding hydrogens is 232 g/mol. The Labute approximate surface area is 105 Å². The van der Waals surface area contributed by atoms with Gasteiger partial charge in [0.25, 0.3) is 0 Å². The lowest BCUT2D eigenvalue weighted by Gasteiger charge is -2.03. The van der Waals surface area contributed by atoms with Crippen LogP contribution in [0.5, 0.6) is 0 Å². The molecule has 1 aromatic heterocycles. The summed E-state index contributed by atoms with van der Waals surface area (Å²) < 4.78 is 0. The maximum Gasteiger partial charge on any atom is 0.224 e. The van der Waals surface area contributed by atoms with Crippen molar-refractivity contribution in [3.05, 3.63) is 46.4 Å². The SMILES string of the molecule is Cc1csc(CCC(=O)Nc2ccccc2)n1. The summed E-state index contributed by atoms with van der Waals surface area (Å²) in [4.78, 5) is 16.0. The summed E-state index contributed by atoms with van der Waals surface area (Å²) in [5.41, 5.74) is 1.86. The Morgan fingerprint density at radius 2 is 2.12 bits per heavy atom. The van der Waals surface area contributed by atoms with E-state index < -0.39 is 0 Å². The number of aryl methyl sites for hydroxylation is 2. The van der Waals surface area contributed by atoms with E-state index in [9.17, 15) is 4.79 Å². The third-order valence-electron chi connectivity index (χ3n) is 2.29. The fraction of sp³-hybridized carbons (Fsp3) is 0.231. The van der Waals surface area contributed by atoms with Crippen LogP contribution in [-0.4, -0.2) is 10.9 Å². The lowest BCUT2D eigenvalue weighted by Crippen LogP contribution is -2.12. The van der Waals surface area contributed by atoms with Crippen molar-refractivity contribution in [3.8, 4) is 0 Å². The Kier molecular flexibility index (Phi) is 3.88. The highest BCUT2D eigenvalue weighted by Gasteiger charge is 2.05. The van der Waals surface area contributed by atoms with E-state index in [1.165, 1.54) is 0 Å². The molecule has 0 spiro atoms. The first-order valence-corrected chi connectivity index (χ1v) is 6.38. The number of benzene rings is 1. The Balaban J connectivity index is 1.82. The number of para-hydroxylation sites is 1. The van der Waals surface area contributed by atoms with Crippen molar-refractivity contribution in [1.82, 2.24) is 4.98 Å². The first-order chi connectivity index (χ1) is 8.24. The molecule has 1 N–H and O–H groups in total. The van der Waals surface area contributed by atoms with Crippen molar-refractivity contribution in [2.75, 3.05) is 5.32 Å². The highest BCUT2D eigenvalue weighted by atomic mass is 32.1. The van der Waals surface area contributed by atoms with Crippen molar-refractivity contribution >= 4 is 22.9 Å². The number of aromatic nitrogens is 1. The molecule has 3 nitrogen and oxygen atoms in total. The van der Waals surface area contributed by atoms with Crippen LogP contribution >= 0.6 is 11.3 Å². The van der Waals surface area contributed by atoms with E-state index in [1.807, 2.05) is 42.6 Å². The van der Waals surface area contributed by atoms with Crippen LogP contribution in [0.4, 0.5) is 5.69 Å². The zero-order valence-corrected chi connectivity index (χ0v) is 10.5. The standard InChI is InChI=1S/C13H14N2OS/c1-10-9-17-13(14-10)8-7-12(16)15-11-5-3-2-4-6-11/h2-6,9H,7-8H2,1H3,(H,15,16). The van der Waals surface area contributed by atoms with Gasteiger partial charge in [-0.25, -0.2) is 4.98 Å². The van der Waals surface area contributed by atoms with Crippen molar-refractivity contribution in [1.29, 1.82) is 0 Å². The maximum atomic E-state index is 11.7. The summed E-state index contributed by atoms with van der Waals surface area (Å²) in [6.07, 6.45) is 1.18. The zero-order valence-electron chi connectivity index (χ0n) is 9.64. The van der Waals surface area contributed by atoms with Crippen LogP contribution in [0.25, 0.3) is 0 Å². The number of anilines is 1. The molecule has 17 heavy (non-hydrogen) atoms. The van der Waals surface area contributed by atoms with Crippen LogP contribution < -0.4 is 5.32 Å². The van der Waals surface area contributed by atoms with Crippen molar-refractivity contribution in [3.63, 3.8) is 0 Å². The average Bonchev–Trinajstić information content (AvgIpc) is 2.74. The number of rotatable bonds is 4. The lowest BCUT2D eigenvalue weighted by atomic mass is 10.2. The van der Waals surface area contributed by atoms with Gasteiger partial charge in [0.1, 0.15) is 0 Å². The molecule has 0 fully saturated rings. The maximum absolute atomic E-state index is 11.7. The Morgan fingerprint density at radius 3 is 2.76 bits per heavy atom. The third-order valence-corrected chi connectivity index (χ3v) is 3.32. The average molecular weight is 246 g/mol. The van der Waals surface area contributed by atoms with Crippen molar-refractivity contribution in [2.45, 2.75) is 19.8 Å². The predicted octanol–water partition coefficient (Wildman–Crippen LogP) is 3.02. The monoisotopic (exact) mass is 246 g/mol. The van der Waals surface area contributed by atoms with E-state index in [1.54, 1.807) is 11.3 Å². The van der Waals surface area contributed by atoms with Gasteiger partial charge in [-0.05, 0) is 19.1 Å². The predicted molar refractivity (Wildman–Crippen MR) is 70.2 cm³/mol. The van der Waals surface area contributed by atoms with Gasteiger partial charge in [-0.3, -0.25) is 4.79 Å². The summed E-state index contributed by atoms with van der Waals surface area (Å²) in [5.74, 6) is 0.0315. The number of carbonyl (C=O) groups excluding carboxylic acids is 1. The van der Waals surface area contributed by atoms with Crippen molar-refractivity contribution in [2.24, 2.45) is 0 Å². The van der Waals surface area contributed by atoms with E-state index in [-0.39, 0.29) is 5.91 Å². The van der Waals surface area contributed by atoms with Gasteiger partial charge in [-0.2, -0.15) is 0 Å². The van der Waals surface area contributed by atoms with Crippen LogP contribution in [-0.2, 0) is 11.2 Å². The minimum atomic E-state index is 0.0315. The van der Waals surface area contributed by atoms with E-state index >= 15 is 0 Å². The van der Waals surface area contributed by atoms with Crippen molar-refractivity contribution < 1.29 is 4.79 Å². The minimum Gasteiger partial charge on any atom is -0.326 e. The highest BCUT2D eigenvalue weighted by Crippen LogP contribution is 2.12. The first kappa shape index (κ1) is 11.8. The molecule has 0 atom stereocenters. The molecule has 0 unspecified atom stereocenters. The molecule has 0 radical (unpaired) electrons. The number of hydrogen-bond acceptors (Lipinski definition) is 3. The smallest absolute Gasteiger partial charge is 0.224 e. The van der Waals surface area contributed by atoms with Crippen LogP contribution in [0.1, 0.15) is 17.1 Å². The molecule has 1 amide bonds. The number of amides is 1. The van der Waals surface area contributed by atoms with Crippen LogP contribution in [0.2, 0.25) is 0 Å². The summed E-state index contributed by atoms with van der Waals surface area (Å²) in [6, 6.07) is 9.49. The molecule has 0 aliphatic heterocycles. The van der Waals surface area contributed by atoms with Gasteiger partial charge >= 0.3 is 0 Å². The lowest BCUT2D eigenvalue weighted by molar-refractivity contribution is -0.116. The Hall–Kier alpha value is -1.68. The topological polar surface area (TPSA) is 42.0 Å². The third kappa shape index (κ3) is 3.67. The van der Waals surface area contributed by atoms with Crippen LogP contribution in [0.3, 0.4) is 0 Å². The molecule has 0 bridgehead atoms. The minimum absolute atomic E-state index is 0.0315. The molecule has 2 aromatic rings. The van der Waals surface area contributed by atoms with Crippen LogP contribution in [0, 0.1) is 6.92 Å². The van der Waals surface area contributed by atoms with E-state index in [4.69, 9.17) is 0 Å². The molecule has 2 rings (SSSR count). The molecule has 0 aliphatic carbocycles. The number of nitrogens with one attached hydrogen (secondary N) is 1. The Morgan fingerprint density at radius 1 is 1.35 bits per heavy atom. The van der Waals surface area contributed by atoms with Gasteiger partial charge in [-0.15, -0.1) is 11.3 Å². The summed E-state index contributed by atoms with van der Waals surface area (Å²) in [7, 11) is 0. The first-order valence-electron chi connectivity index (χ1n) is 5.50. The molecular formula is C13H14N2OS. The zero-order chi connectivity index (χ0) is 12.1. The second-order valence-corrected chi connectivity index (χ2v) is 4.74. The van der Waals surface area contributed by atoms with E-state index in [2.05, 4.69) is 10.3 Å². The molecule has 0 saturated heterocycles. The van der Waals surface area contributed by atoms with E-state index in [0.29, 0.717) is 12.8 Å². The van der Waals surface area contributed by atoms with Gasteiger partial charge in [0, 0.05) is 29.6 Å². The molecule has 4 heteroatoms. The number of nitrogens with zero attached hydrogens (tertiary/aromatic N) is 1. The second-order valence-electron chi connectivity index (χ2n) is 3.80. The summed E-state index contributed by atoms with van der Waals surface area (Å²) in [5, 5.41) is 5.88. The highest BCUT2D eigenvalue weighted by molar-refractivity contribution is 7.09. The summed E-state index contributed by atoms with van der Waals surface area (Å²) in [6.45, 7) is 1.96. The number of carbonyl (C=O) groups is 1. The molecule has 0 saturated carbocycles. The van der Waals surface area contributed by atoms with Gasteiger partial charge < -0.3 is 5.32 Å². The molecule has 88 valence electrons. The quantitative estimate of drug-likeness (QED) is 0.901. The Bertz CT molecular complexity index is 493. The van der Waals surface area contributed by atoms with Gasteiger partial charge in [0.2, 0.25) is 5.91 Å². The summed E-state index contributed by atoms with van der Waals surface area (Å²) >= 11 is 1.61. The van der Waals surface area contributed by atoms with Gasteiger partial charge in [0.15, 0.2) is 0 Å². The normalized spacial score (nSPS) is 10.2. The van der Waals surface area contributed by atoms with Gasteiger partial charge in [-0.1, -0.05) is 18.2 Å².